The molecule has 1 fully saturated rings. The van der Waals surface area contributed by atoms with Gasteiger partial charge in [0.1, 0.15) is 11.8 Å². The second-order valence-corrected chi connectivity index (χ2v) is 6.64. The molecule has 122 valence electrons. The molecule has 0 spiro atoms. The molecule has 0 radical (unpaired) electrons. The van der Waals surface area contributed by atoms with E-state index < -0.39 is 0 Å². The van der Waals surface area contributed by atoms with Gasteiger partial charge < -0.3 is 4.74 Å². The van der Waals surface area contributed by atoms with E-state index in [1.807, 2.05) is 12.1 Å². The molecule has 2 aromatic carbocycles. The van der Waals surface area contributed by atoms with E-state index in [4.69, 9.17) is 4.74 Å². The fourth-order valence-corrected chi connectivity index (χ4v) is 3.43. The Morgan fingerprint density at radius 2 is 1.54 bits per heavy atom. The highest BCUT2D eigenvalue weighted by Crippen LogP contribution is 2.32. The molecular formula is C21H22N2O. The molecule has 1 heterocycles. The summed E-state index contributed by atoms with van der Waals surface area (Å²) in [6, 6.07) is 16.7. The zero-order valence-electron chi connectivity index (χ0n) is 14.0. The molecule has 3 nitrogen and oxygen atoms in total. The standard InChI is InChI=1S/C21H22N2O/c1-15-11-13-16(14-12-15)20-18-9-5-6-10-19(18)21(23-22-20)24-17-7-3-2-4-8-17/h5-6,9-14,17H,2-4,7-8H2,1H3. The van der Waals surface area contributed by atoms with Crippen molar-refractivity contribution in [3.63, 3.8) is 0 Å². The van der Waals surface area contributed by atoms with Crippen LogP contribution in [0.2, 0.25) is 0 Å². The fourth-order valence-electron chi connectivity index (χ4n) is 3.43. The van der Waals surface area contributed by atoms with Gasteiger partial charge in [-0.25, -0.2) is 0 Å². The largest absolute Gasteiger partial charge is 0.473 e. The average Bonchev–Trinajstić information content (AvgIpc) is 2.64. The predicted octanol–water partition coefficient (Wildman–Crippen LogP) is 5.32. The summed E-state index contributed by atoms with van der Waals surface area (Å²) in [6.07, 6.45) is 6.33. The maximum atomic E-state index is 6.20. The van der Waals surface area contributed by atoms with Gasteiger partial charge in [-0.2, -0.15) is 0 Å². The summed E-state index contributed by atoms with van der Waals surface area (Å²) >= 11 is 0. The highest BCUT2D eigenvalue weighted by Gasteiger charge is 2.18. The van der Waals surface area contributed by atoms with E-state index in [0.717, 1.165) is 34.9 Å². The first-order valence-electron chi connectivity index (χ1n) is 8.80. The predicted molar refractivity (Wildman–Crippen MR) is 97.2 cm³/mol. The smallest absolute Gasteiger partial charge is 0.241 e. The first kappa shape index (κ1) is 15.1. The van der Waals surface area contributed by atoms with Crippen LogP contribution in [-0.4, -0.2) is 16.3 Å². The van der Waals surface area contributed by atoms with Gasteiger partial charge >= 0.3 is 0 Å². The van der Waals surface area contributed by atoms with Crippen molar-refractivity contribution in [1.82, 2.24) is 10.2 Å². The van der Waals surface area contributed by atoms with Gasteiger partial charge in [0, 0.05) is 16.3 Å². The minimum atomic E-state index is 0.279. The Morgan fingerprint density at radius 1 is 0.833 bits per heavy atom. The number of ether oxygens (including phenoxy) is 1. The van der Waals surface area contributed by atoms with Gasteiger partial charge in [-0.15, -0.1) is 10.2 Å². The number of nitrogens with zero attached hydrogens (tertiary/aromatic N) is 2. The monoisotopic (exact) mass is 318 g/mol. The third-order valence-electron chi connectivity index (χ3n) is 4.81. The molecule has 3 aromatic rings. The summed E-state index contributed by atoms with van der Waals surface area (Å²) in [5.74, 6) is 0.674. The lowest BCUT2D eigenvalue weighted by molar-refractivity contribution is 0.149. The SMILES string of the molecule is Cc1ccc(-c2nnc(OC3CCCCC3)c3ccccc23)cc1. The Kier molecular flexibility index (Phi) is 4.16. The Bertz CT molecular complexity index is 836. The van der Waals surface area contributed by atoms with Crippen LogP contribution in [0.4, 0.5) is 0 Å². The number of hydrogen-bond acceptors (Lipinski definition) is 3. The van der Waals surface area contributed by atoms with Crippen LogP contribution in [0.5, 0.6) is 5.88 Å². The van der Waals surface area contributed by atoms with Gasteiger partial charge in [0.25, 0.3) is 0 Å². The van der Waals surface area contributed by atoms with Crippen LogP contribution in [0.1, 0.15) is 37.7 Å². The van der Waals surface area contributed by atoms with Crippen molar-refractivity contribution in [2.45, 2.75) is 45.1 Å². The summed E-state index contributed by atoms with van der Waals surface area (Å²) in [7, 11) is 0. The molecule has 0 aliphatic heterocycles. The van der Waals surface area contributed by atoms with E-state index in [2.05, 4.69) is 53.5 Å². The van der Waals surface area contributed by atoms with Crippen LogP contribution in [0.3, 0.4) is 0 Å². The van der Waals surface area contributed by atoms with E-state index in [1.165, 1.54) is 24.8 Å². The van der Waals surface area contributed by atoms with Gasteiger partial charge in [0.05, 0.1) is 0 Å². The summed E-state index contributed by atoms with van der Waals surface area (Å²) in [4.78, 5) is 0. The molecule has 4 rings (SSSR count). The van der Waals surface area contributed by atoms with Gasteiger partial charge in [-0.05, 0) is 38.7 Å². The molecule has 0 amide bonds. The summed E-state index contributed by atoms with van der Waals surface area (Å²) in [6.45, 7) is 2.09. The number of hydrogen-bond donors (Lipinski definition) is 0. The first-order chi connectivity index (χ1) is 11.8. The van der Waals surface area contributed by atoms with Crippen molar-refractivity contribution in [3.05, 3.63) is 54.1 Å². The molecule has 1 saturated carbocycles. The molecule has 1 aromatic heterocycles. The zero-order valence-corrected chi connectivity index (χ0v) is 14.0. The van der Waals surface area contributed by atoms with E-state index in [1.54, 1.807) is 0 Å². The van der Waals surface area contributed by atoms with Gasteiger partial charge in [0.2, 0.25) is 5.88 Å². The molecule has 1 aliphatic rings. The topological polar surface area (TPSA) is 35.0 Å². The van der Waals surface area contributed by atoms with Crippen LogP contribution >= 0.6 is 0 Å². The molecule has 24 heavy (non-hydrogen) atoms. The van der Waals surface area contributed by atoms with Gasteiger partial charge in [-0.1, -0.05) is 54.4 Å². The first-order valence-corrected chi connectivity index (χ1v) is 8.80. The third kappa shape index (κ3) is 2.99. The fraction of sp³-hybridized carbons (Fsp3) is 0.333. The average molecular weight is 318 g/mol. The lowest BCUT2D eigenvalue weighted by Gasteiger charge is -2.23. The van der Waals surface area contributed by atoms with Crippen molar-refractivity contribution in [2.24, 2.45) is 0 Å². The Balaban J connectivity index is 1.75. The van der Waals surface area contributed by atoms with Crippen molar-refractivity contribution >= 4 is 10.8 Å². The van der Waals surface area contributed by atoms with Crippen LogP contribution in [-0.2, 0) is 0 Å². The third-order valence-corrected chi connectivity index (χ3v) is 4.81. The molecule has 0 saturated heterocycles. The highest BCUT2D eigenvalue weighted by molar-refractivity contribution is 5.96. The molecule has 0 N–H and O–H groups in total. The van der Waals surface area contributed by atoms with Crippen LogP contribution in [0, 0.1) is 6.92 Å². The quantitative estimate of drug-likeness (QED) is 0.656. The minimum absolute atomic E-state index is 0.279. The summed E-state index contributed by atoms with van der Waals surface area (Å²) < 4.78 is 6.20. The highest BCUT2D eigenvalue weighted by atomic mass is 16.5. The van der Waals surface area contributed by atoms with Crippen molar-refractivity contribution in [2.75, 3.05) is 0 Å². The number of aryl methyl sites for hydroxylation is 1. The van der Waals surface area contributed by atoms with E-state index in [0.29, 0.717) is 5.88 Å². The number of fused-ring (bicyclic) bond motifs is 1. The molecule has 0 bridgehead atoms. The van der Waals surface area contributed by atoms with Crippen LogP contribution in [0.15, 0.2) is 48.5 Å². The second kappa shape index (κ2) is 6.60. The minimum Gasteiger partial charge on any atom is -0.473 e. The number of benzene rings is 2. The van der Waals surface area contributed by atoms with Crippen molar-refractivity contribution in [3.8, 4) is 17.1 Å². The molecular weight excluding hydrogens is 296 g/mol. The van der Waals surface area contributed by atoms with Gasteiger partial charge in [-0.3, -0.25) is 0 Å². The van der Waals surface area contributed by atoms with Crippen molar-refractivity contribution < 1.29 is 4.74 Å². The van der Waals surface area contributed by atoms with Crippen LogP contribution in [0.25, 0.3) is 22.0 Å². The molecule has 0 atom stereocenters. The Labute approximate surface area is 142 Å². The maximum Gasteiger partial charge on any atom is 0.241 e. The summed E-state index contributed by atoms with van der Waals surface area (Å²) in [5, 5.41) is 11.1. The van der Waals surface area contributed by atoms with E-state index in [9.17, 15) is 0 Å². The summed E-state index contributed by atoms with van der Waals surface area (Å²) in [5.41, 5.74) is 3.25. The number of rotatable bonds is 3. The lowest BCUT2D eigenvalue weighted by atomic mass is 9.98. The normalized spacial score (nSPS) is 15.5. The lowest BCUT2D eigenvalue weighted by Crippen LogP contribution is -2.20. The van der Waals surface area contributed by atoms with Crippen molar-refractivity contribution in [1.29, 1.82) is 0 Å². The maximum absolute atomic E-state index is 6.20. The van der Waals surface area contributed by atoms with E-state index >= 15 is 0 Å². The second-order valence-electron chi connectivity index (χ2n) is 6.64. The zero-order chi connectivity index (χ0) is 16.4. The van der Waals surface area contributed by atoms with E-state index in [-0.39, 0.29) is 6.10 Å². The molecule has 3 heteroatoms. The molecule has 0 unspecified atom stereocenters. The Hall–Kier alpha value is -2.42. The molecule has 1 aliphatic carbocycles. The van der Waals surface area contributed by atoms with Gasteiger partial charge in [0.15, 0.2) is 0 Å². The number of aromatic nitrogens is 2. The van der Waals surface area contributed by atoms with Crippen LogP contribution < -0.4 is 4.74 Å². The Morgan fingerprint density at radius 3 is 2.29 bits per heavy atom.